The highest BCUT2D eigenvalue weighted by Crippen LogP contribution is 2.54. The van der Waals surface area contributed by atoms with Gasteiger partial charge in [0.1, 0.15) is 6.10 Å². The molecule has 2 rings (SSSR count). The van der Waals surface area contributed by atoms with Gasteiger partial charge in [0, 0.05) is 64.9 Å². The number of allylic oxidation sites excluding steroid dienone is 1. The standard InChI is InChI=1S/C36H50O15/c1-17(2)33(44)49-28-19(4)27(45-20(5)37)26-31(47-22(7)39)35(13,50-24(9)41)16-36(26,51-25(10)42)30(43)18(3)14-15-34(11,12)32(48-23(8)40)29(28)46-21(6)38/h14-15,17-18,26-29,31-32H,4,16H2,1-3,5-13H3. The van der Waals surface area contributed by atoms with Crippen molar-refractivity contribution in [1.29, 1.82) is 0 Å². The SMILES string of the molecule is C=C1C(OC(=O)C(C)C)C(OC(C)=O)C(OC(C)=O)C(C)(C)C=CC(C)C(=O)C2(OC(C)=O)CC(C)(OC(C)=O)C(OC(C)=O)C2C1OC(C)=O. The van der Waals surface area contributed by atoms with Crippen LogP contribution in [0, 0.1) is 23.2 Å². The highest BCUT2D eigenvalue weighted by atomic mass is 16.6. The van der Waals surface area contributed by atoms with Gasteiger partial charge in [0.05, 0.1) is 11.8 Å². The van der Waals surface area contributed by atoms with Crippen molar-refractivity contribution >= 4 is 47.6 Å². The first-order chi connectivity index (χ1) is 23.3. The van der Waals surface area contributed by atoms with Crippen molar-refractivity contribution in [3.05, 3.63) is 24.3 Å². The van der Waals surface area contributed by atoms with Gasteiger partial charge in [0.15, 0.2) is 41.4 Å². The molecule has 51 heavy (non-hydrogen) atoms. The molecule has 0 aromatic heterocycles. The van der Waals surface area contributed by atoms with E-state index in [0.29, 0.717) is 0 Å². The van der Waals surface area contributed by atoms with Crippen molar-refractivity contribution in [3.63, 3.8) is 0 Å². The van der Waals surface area contributed by atoms with Crippen LogP contribution < -0.4 is 0 Å². The molecular weight excluding hydrogens is 672 g/mol. The van der Waals surface area contributed by atoms with E-state index in [4.69, 9.17) is 33.2 Å². The van der Waals surface area contributed by atoms with Gasteiger partial charge in [0.2, 0.25) is 0 Å². The molecule has 0 saturated heterocycles. The van der Waals surface area contributed by atoms with Crippen LogP contribution in [0.3, 0.4) is 0 Å². The van der Waals surface area contributed by atoms with Gasteiger partial charge in [-0.1, -0.05) is 53.3 Å². The van der Waals surface area contributed by atoms with Crippen LogP contribution >= 0.6 is 0 Å². The molecule has 9 atom stereocenters. The van der Waals surface area contributed by atoms with Crippen LogP contribution in [0.25, 0.3) is 0 Å². The monoisotopic (exact) mass is 722 g/mol. The molecular formula is C36H50O15. The number of carbonyl (C=O) groups is 8. The number of esters is 7. The lowest BCUT2D eigenvalue weighted by Gasteiger charge is -2.44. The lowest BCUT2D eigenvalue weighted by atomic mass is 9.72. The normalized spacial score (nSPS) is 31.9. The molecule has 2 aliphatic rings. The predicted octanol–water partition coefficient (Wildman–Crippen LogP) is 3.28. The van der Waals surface area contributed by atoms with Crippen LogP contribution in [0.4, 0.5) is 0 Å². The first-order valence-electron chi connectivity index (χ1n) is 16.5. The second-order valence-electron chi connectivity index (χ2n) is 14.2. The summed E-state index contributed by atoms with van der Waals surface area (Å²) in [5.41, 5.74) is -5.87. The summed E-state index contributed by atoms with van der Waals surface area (Å²) in [5.74, 6) is -10.6. The summed E-state index contributed by atoms with van der Waals surface area (Å²) in [4.78, 5) is 105. The number of hydrogen-bond donors (Lipinski definition) is 0. The topological polar surface area (TPSA) is 201 Å². The van der Waals surface area contributed by atoms with Gasteiger partial charge in [-0.2, -0.15) is 0 Å². The first kappa shape index (κ1) is 42.6. The van der Waals surface area contributed by atoms with Crippen LogP contribution in [-0.4, -0.2) is 89.3 Å². The number of Topliss-reactive ketones (excluding diaryl/α,β-unsaturated/α-hetero) is 1. The minimum absolute atomic E-state index is 0.339. The second-order valence-corrected chi connectivity index (χ2v) is 14.2. The summed E-state index contributed by atoms with van der Waals surface area (Å²) in [5, 5.41) is 0. The Balaban J connectivity index is 3.30. The van der Waals surface area contributed by atoms with Crippen molar-refractivity contribution in [2.75, 3.05) is 0 Å². The van der Waals surface area contributed by atoms with E-state index in [-0.39, 0.29) is 5.57 Å². The number of rotatable bonds is 8. The molecule has 284 valence electrons. The van der Waals surface area contributed by atoms with Gasteiger partial charge in [-0.15, -0.1) is 0 Å². The van der Waals surface area contributed by atoms with Gasteiger partial charge in [-0.25, -0.2) is 0 Å². The van der Waals surface area contributed by atoms with E-state index in [9.17, 15) is 38.4 Å². The maximum Gasteiger partial charge on any atom is 0.309 e. The third-order valence-corrected chi connectivity index (χ3v) is 8.71. The molecule has 15 heteroatoms. The average molecular weight is 723 g/mol. The Morgan fingerprint density at radius 1 is 0.706 bits per heavy atom. The maximum absolute atomic E-state index is 14.9. The molecule has 0 bridgehead atoms. The highest BCUT2D eigenvalue weighted by Gasteiger charge is 2.72. The third-order valence-electron chi connectivity index (χ3n) is 8.71. The van der Waals surface area contributed by atoms with Gasteiger partial charge >= 0.3 is 41.8 Å². The van der Waals surface area contributed by atoms with E-state index >= 15 is 0 Å². The summed E-state index contributed by atoms with van der Waals surface area (Å²) in [6.07, 6.45) is -6.01. The molecule has 0 radical (unpaired) electrons. The number of carbonyl (C=O) groups excluding carboxylic acids is 8. The zero-order chi connectivity index (χ0) is 39.4. The molecule has 0 aliphatic heterocycles. The molecule has 0 amide bonds. The lowest BCUT2D eigenvalue weighted by molar-refractivity contribution is -0.196. The summed E-state index contributed by atoms with van der Waals surface area (Å²) in [6, 6.07) is 0. The van der Waals surface area contributed by atoms with Gasteiger partial charge in [-0.05, 0) is 6.92 Å². The molecule has 1 saturated carbocycles. The van der Waals surface area contributed by atoms with Crippen molar-refractivity contribution in [1.82, 2.24) is 0 Å². The first-order valence-corrected chi connectivity index (χ1v) is 16.5. The van der Waals surface area contributed by atoms with E-state index in [1.807, 2.05) is 0 Å². The fourth-order valence-corrected chi connectivity index (χ4v) is 6.82. The van der Waals surface area contributed by atoms with E-state index < -0.39 is 119 Å². The minimum Gasteiger partial charge on any atom is -0.458 e. The molecule has 9 unspecified atom stereocenters. The molecule has 2 aliphatic carbocycles. The molecule has 0 spiro atoms. The quantitative estimate of drug-likeness (QED) is 0.201. The Morgan fingerprint density at radius 2 is 1.20 bits per heavy atom. The molecule has 0 aromatic rings. The van der Waals surface area contributed by atoms with Crippen molar-refractivity contribution in [3.8, 4) is 0 Å². The molecule has 0 N–H and O–H groups in total. The van der Waals surface area contributed by atoms with E-state index in [1.54, 1.807) is 13.8 Å². The van der Waals surface area contributed by atoms with E-state index in [2.05, 4.69) is 6.58 Å². The third kappa shape index (κ3) is 9.82. The van der Waals surface area contributed by atoms with Crippen LogP contribution in [0.1, 0.15) is 89.5 Å². The second kappa shape index (κ2) is 16.2. The average Bonchev–Trinajstić information content (AvgIpc) is 3.19. The maximum atomic E-state index is 14.9. The van der Waals surface area contributed by atoms with Crippen LogP contribution in [-0.2, 0) is 71.5 Å². The Hall–Kier alpha value is -4.56. The Labute approximate surface area is 297 Å². The fourth-order valence-electron chi connectivity index (χ4n) is 6.82. The van der Waals surface area contributed by atoms with E-state index in [1.165, 1.54) is 39.8 Å². The number of ketones is 1. The molecule has 1 fully saturated rings. The number of hydrogen-bond acceptors (Lipinski definition) is 15. The summed E-state index contributed by atoms with van der Waals surface area (Å²) >= 11 is 0. The van der Waals surface area contributed by atoms with Crippen molar-refractivity contribution < 1.29 is 71.5 Å². The number of ether oxygens (including phenoxy) is 7. The molecule has 0 aromatic carbocycles. The molecule has 15 nitrogen and oxygen atoms in total. The molecule has 0 heterocycles. The number of fused-ring (bicyclic) bond motifs is 1. The Bertz CT molecular complexity index is 1470. The van der Waals surface area contributed by atoms with Crippen LogP contribution in [0.5, 0.6) is 0 Å². The zero-order valence-corrected chi connectivity index (χ0v) is 31.3. The predicted molar refractivity (Wildman–Crippen MR) is 176 cm³/mol. The lowest BCUT2D eigenvalue weighted by Crippen LogP contribution is -2.59. The zero-order valence-electron chi connectivity index (χ0n) is 31.3. The minimum atomic E-state index is -2.36. The van der Waals surface area contributed by atoms with Crippen molar-refractivity contribution in [2.45, 2.75) is 131 Å². The van der Waals surface area contributed by atoms with Gasteiger partial charge < -0.3 is 33.2 Å². The van der Waals surface area contributed by atoms with Crippen molar-refractivity contribution in [2.24, 2.45) is 23.2 Å². The largest absolute Gasteiger partial charge is 0.458 e. The highest BCUT2D eigenvalue weighted by molar-refractivity contribution is 5.94. The van der Waals surface area contributed by atoms with Crippen LogP contribution in [0.15, 0.2) is 24.3 Å². The van der Waals surface area contributed by atoms with Gasteiger partial charge in [0.25, 0.3) is 0 Å². The van der Waals surface area contributed by atoms with Gasteiger partial charge in [-0.3, -0.25) is 38.4 Å². The Kier molecular flexibility index (Phi) is 13.5. The van der Waals surface area contributed by atoms with Crippen LogP contribution in [0.2, 0.25) is 0 Å². The summed E-state index contributed by atoms with van der Waals surface area (Å²) < 4.78 is 40.7. The summed E-state index contributed by atoms with van der Waals surface area (Å²) in [6.45, 7) is 19.6. The fraction of sp³-hybridized carbons (Fsp3) is 0.667. The summed E-state index contributed by atoms with van der Waals surface area (Å²) in [7, 11) is 0. The smallest absolute Gasteiger partial charge is 0.309 e. The van der Waals surface area contributed by atoms with E-state index in [0.717, 1.165) is 41.5 Å². The Morgan fingerprint density at radius 3 is 1.65 bits per heavy atom.